The van der Waals surface area contributed by atoms with Gasteiger partial charge in [-0.3, -0.25) is 4.79 Å². The van der Waals surface area contributed by atoms with Crippen LogP contribution in [0.5, 0.6) is 0 Å². The zero-order chi connectivity index (χ0) is 13.1. The third kappa shape index (κ3) is 2.65. The summed E-state index contributed by atoms with van der Waals surface area (Å²) in [6.07, 6.45) is 1.94. The number of pyridine rings is 1. The SMILES string of the molecule is Cc1ccc(C)c(C(=O)C[n+]2ccccc2C)c1. The van der Waals surface area contributed by atoms with Crippen molar-refractivity contribution in [3.8, 4) is 0 Å². The Labute approximate surface area is 108 Å². The summed E-state index contributed by atoms with van der Waals surface area (Å²) in [4.78, 5) is 12.3. The molecule has 0 atom stereocenters. The van der Waals surface area contributed by atoms with E-state index >= 15 is 0 Å². The second-order valence-electron chi connectivity index (χ2n) is 4.71. The molecule has 0 N–H and O–H groups in total. The van der Waals surface area contributed by atoms with E-state index in [0.717, 1.165) is 22.4 Å². The second kappa shape index (κ2) is 5.13. The monoisotopic (exact) mass is 240 g/mol. The highest BCUT2D eigenvalue weighted by molar-refractivity contribution is 5.96. The minimum absolute atomic E-state index is 0.163. The number of aromatic nitrogens is 1. The largest absolute Gasteiger partial charge is 0.287 e. The fraction of sp³-hybridized carbons (Fsp3) is 0.250. The van der Waals surface area contributed by atoms with Crippen LogP contribution in [0.4, 0.5) is 0 Å². The van der Waals surface area contributed by atoms with E-state index < -0.39 is 0 Å². The summed E-state index contributed by atoms with van der Waals surface area (Å²) in [6, 6.07) is 11.9. The van der Waals surface area contributed by atoms with Crippen LogP contribution in [0.3, 0.4) is 0 Å². The Morgan fingerprint density at radius 3 is 2.61 bits per heavy atom. The first-order valence-electron chi connectivity index (χ1n) is 6.13. The molecule has 0 radical (unpaired) electrons. The highest BCUT2D eigenvalue weighted by atomic mass is 16.1. The molecule has 0 amide bonds. The van der Waals surface area contributed by atoms with Gasteiger partial charge in [0.2, 0.25) is 12.3 Å². The molecule has 2 nitrogen and oxygen atoms in total. The van der Waals surface area contributed by atoms with E-state index in [9.17, 15) is 4.79 Å². The van der Waals surface area contributed by atoms with Crippen LogP contribution in [0.15, 0.2) is 42.6 Å². The van der Waals surface area contributed by atoms with Crippen LogP contribution in [0.1, 0.15) is 27.2 Å². The molecule has 2 heteroatoms. The van der Waals surface area contributed by atoms with Crippen LogP contribution in [0.25, 0.3) is 0 Å². The first kappa shape index (κ1) is 12.5. The molecule has 0 saturated heterocycles. The molecule has 92 valence electrons. The topological polar surface area (TPSA) is 20.9 Å². The minimum atomic E-state index is 0.163. The average molecular weight is 240 g/mol. The molecule has 1 heterocycles. The van der Waals surface area contributed by atoms with Crippen molar-refractivity contribution in [1.82, 2.24) is 0 Å². The van der Waals surface area contributed by atoms with E-state index in [1.807, 2.05) is 67.9 Å². The molecule has 0 bridgehead atoms. The van der Waals surface area contributed by atoms with Crippen molar-refractivity contribution in [2.24, 2.45) is 0 Å². The molecular formula is C16H18NO+. The van der Waals surface area contributed by atoms with Gasteiger partial charge in [-0.1, -0.05) is 23.8 Å². The number of aryl methyl sites for hydroxylation is 3. The van der Waals surface area contributed by atoms with E-state index in [1.165, 1.54) is 0 Å². The van der Waals surface area contributed by atoms with E-state index in [2.05, 4.69) is 0 Å². The maximum Gasteiger partial charge on any atom is 0.227 e. The molecule has 0 aliphatic rings. The Balaban J connectivity index is 2.28. The maximum atomic E-state index is 12.3. The van der Waals surface area contributed by atoms with Gasteiger partial charge in [-0.15, -0.1) is 0 Å². The molecule has 0 aliphatic carbocycles. The molecular weight excluding hydrogens is 222 g/mol. The van der Waals surface area contributed by atoms with E-state index in [-0.39, 0.29) is 5.78 Å². The van der Waals surface area contributed by atoms with Gasteiger partial charge in [-0.2, -0.15) is 4.57 Å². The molecule has 0 spiro atoms. The minimum Gasteiger partial charge on any atom is -0.287 e. The lowest BCUT2D eigenvalue weighted by Crippen LogP contribution is -2.40. The normalized spacial score (nSPS) is 10.4. The quantitative estimate of drug-likeness (QED) is 0.597. The van der Waals surface area contributed by atoms with Crippen molar-refractivity contribution in [2.75, 3.05) is 0 Å². The van der Waals surface area contributed by atoms with Gasteiger partial charge in [0.25, 0.3) is 0 Å². The third-order valence-corrected chi connectivity index (χ3v) is 3.18. The van der Waals surface area contributed by atoms with Crippen molar-refractivity contribution in [3.63, 3.8) is 0 Å². The van der Waals surface area contributed by atoms with E-state index in [1.54, 1.807) is 0 Å². The van der Waals surface area contributed by atoms with Gasteiger partial charge >= 0.3 is 0 Å². The van der Waals surface area contributed by atoms with Gasteiger partial charge in [0, 0.05) is 24.6 Å². The maximum absolute atomic E-state index is 12.3. The van der Waals surface area contributed by atoms with Gasteiger partial charge in [-0.25, -0.2) is 0 Å². The number of nitrogens with zero attached hydrogens (tertiary/aromatic N) is 1. The smallest absolute Gasteiger partial charge is 0.227 e. The number of ketones is 1. The van der Waals surface area contributed by atoms with E-state index in [4.69, 9.17) is 0 Å². The molecule has 2 aromatic rings. The standard InChI is InChI=1S/C16H18NO/c1-12-7-8-13(2)15(10-12)16(18)11-17-9-5-4-6-14(17)3/h4-10H,11H2,1-3H3/q+1. The van der Waals surface area contributed by atoms with Crippen molar-refractivity contribution in [2.45, 2.75) is 27.3 Å². The summed E-state index contributed by atoms with van der Waals surface area (Å²) < 4.78 is 1.98. The van der Waals surface area contributed by atoms with Crippen LogP contribution < -0.4 is 4.57 Å². The fourth-order valence-corrected chi connectivity index (χ4v) is 2.02. The Bertz CT molecular complexity index is 587. The highest BCUT2D eigenvalue weighted by Crippen LogP contribution is 2.11. The van der Waals surface area contributed by atoms with Gasteiger partial charge in [-0.05, 0) is 25.5 Å². The molecule has 0 fully saturated rings. The number of benzene rings is 1. The zero-order valence-electron chi connectivity index (χ0n) is 11.1. The number of Topliss-reactive ketones (excluding diaryl/α,β-unsaturated/α-hetero) is 1. The Morgan fingerprint density at radius 1 is 1.11 bits per heavy atom. The lowest BCUT2D eigenvalue weighted by Gasteiger charge is -2.05. The van der Waals surface area contributed by atoms with E-state index in [0.29, 0.717) is 6.54 Å². The molecule has 1 aromatic carbocycles. The number of carbonyl (C=O) groups excluding carboxylic acids is 1. The number of rotatable bonds is 3. The van der Waals surface area contributed by atoms with Crippen molar-refractivity contribution in [3.05, 3.63) is 65.0 Å². The van der Waals surface area contributed by atoms with Crippen LogP contribution in [-0.2, 0) is 6.54 Å². The lowest BCUT2D eigenvalue weighted by molar-refractivity contribution is -0.689. The van der Waals surface area contributed by atoms with Gasteiger partial charge in [0.15, 0.2) is 11.9 Å². The summed E-state index contributed by atoms with van der Waals surface area (Å²) in [5.41, 5.74) is 4.08. The predicted octanol–water partition coefficient (Wildman–Crippen LogP) is 2.78. The summed E-state index contributed by atoms with van der Waals surface area (Å²) in [5.74, 6) is 0.163. The Kier molecular flexibility index (Phi) is 3.56. The Morgan fingerprint density at radius 2 is 1.89 bits per heavy atom. The molecule has 0 aliphatic heterocycles. The molecule has 1 aromatic heterocycles. The first-order valence-corrected chi connectivity index (χ1v) is 6.13. The molecule has 18 heavy (non-hydrogen) atoms. The summed E-state index contributed by atoms with van der Waals surface area (Å²) in [5, 5.41) is 0. The van der Waals surface area contributed by atoms with Crippen LogP contribution in [-0.4, -0.2) is 5.78 Å². The highest BCUT2D eigenvalue weighted by Gasteiger charge is 2.15. The second-order valence-corrected chi connectivity index (χ2v) is 4.71. The fourth-order valence-electron chi connectivity index (χ4n) is 2.02. The third-order valence-electron chi connectivity index (χ3n) is 3.18. The Hall–Kier alpha value is -1.96. The number of hydrogen-bond acceptors (Lipinski definition) is 1. The number of carbonyl (C=O) groups is 1. The lowest BCUT2D eigenvalue weighted by atomic mass is 10.0. The molecule has 0 unspecified atom stereocenters. The predicted molar refractivity (Wildman–Crippen MR) is 71.6 cm³/mol. The average Bonchev–Trinajstić information content (AvgIpc) is 2.35. The number of hydrogen-bond donors (Lipinski definition) is 0. The van der Waals surface area contributed by atoms with Gasteiger partial charge in [0.05, 0.1) is 0 Å². The van der Waals surface area contributed by atoms with Crippen LogP contribution in [0, 0.1) is 20.8 Å². The van der Waals surface area contributed by atoms with Crippen LogP contribution in [0.2, 0.25) is 0 Å². The summed E-state index contributed by atoms with van der Waals surface area (Å²) in [7, 11) is 0. The zero-order valence-corrected chi connectivity index (χ0v) is 11.1. The van der Waals surface area contributed by atoms with Gasteiger partial charge < -0.3 is 0 Å². The summed E-state index contributed by atoms with van der Waals surface area (Å²) in [6.45, 7) is 6.40. The van der Waals surface area contributed by atoms with Crippen molar-refractivity contribution >= 4 is 5.78 Å². The van der Waals surface area contributed by atoms with Crippen molar-refractivity contribution < 1.29 is 9.36 Å². The first-order chi connectivity index (χ1) is 8.58. The summed E-state index contributed by atoms with van der Waals surface area (Å²) >= 11 is 0. The molecule has 0 saturated carbocycles. The van der Waals surface area contributed by atoms with Gasteiger partial charge in [0.1, 0.15) is 0 Å². The van der Waals surface area contributed by atoms with Crippen LogP contribution >= 0.6 is 0 Å². The van der Waals surface area contributed by atoms with Crippen molar-refractivity contribution in [1.29, 1.82) is 0 Å². The molecule has 2 rings (SSSR count).